The van der Waals surface area contributed by atoms with Crippen LogP contribution in [0.15, 0.2) is 18.2 Å². The maximum Gasteiger partial charge on any atom is 0.494 e. The molecule has 0 unspecified atom stereocenters. The first-order valence-corrected chi connectivity index (χ1v) is 11.5. The van der Waals surface area contributed by atoms with Crippen LogP contribution in [0.1, 0.15) is 48.5 Å². The fourth-order valence-corrected chi connectivity index (χ4v) is 3.69. The summed E-state index contributed by atoms with van der Waals surface area (Å²) in [5.41, 5.74) is -0.823. The Bertz CT molecular complexity index is 954. The van der Waals surface area contributed by atoms with Crippen LogP contribution in [0, 0.1) is 0 Å². The average molecular weight is 499 g/mol. The summed E-state index contributed by atoms with van der Waals surface area (Å²) in [4.78, 5) is 27.5. The van der Waals surface area contributed by atoms with E-state index in [9.17, 15) is 22.8 Å². The van der Waals surface area contributed by atoms with Crippen LogP contribution in [-0.4, -0.2) is 73.2 Å². The lowest BCUT2D eigenvalue weighted by Crippen LogP contribution is -2.50. The fraction of sp³-hybridized carbons (Fsp3) is 0.652. The molecule has 194 valence electrons. The third kappa shape index (κ3) is 6.21. The zero-order valence-corrected chi connectivity index (χ0v) is 21.2. The van der Waals surface area contributed by atoms with Crippen LogP contribution in [0.4, 0.5) is 29.3 Å². The first-order valence-electron chi connectivity index (χ1n) is 11.5. The van der Waals surface area contributed by atoms with E-state index in [2.05, 4.69) is 0 Å². The van der Waals surface area contributed by atoms with E-state index in [-0.39, 0.29) is 5.69 Å². The van der Waals surface area contributed by atoms with Crippen LogP contribution in [-0.2, 0) is 18.8 Å². The highest BCUT2D eigenvalue weighted by Gasteiger charge is 2.52. The van der Waals surface area contributed by atoms with Gasteiger partial charge in [-0.25, -0.2) is 4.79 Å². The molecule has 0 spiro atoms. The largest absolute Gasteiger partial charge is 0.494 e. The van der Waals surface area contributed by atoms with Crippen molar-refractivity contribution in [3.63, 3.8) is 0 Å². The molecule has 0 radical (unpaired) electrons. The molecule has 12 heteroatoms. The number of alkyl halides is 3. The molecular weight excluding hydrogens is 466 g/mol. The van der Waals surface area contributed by atoms with Crippen molar-refractivity contribution in [2.24, 2.45) is 0 Å². The van der Waals surface area contributed by atoms with E-state index in [1.807, 2.05) is 37.9 Å². The highest BCUT2D eigenvalue weighted by Crippen LogP contribution is 2.37. The third-order valence-electron chi connectivity index (χ3n) is 6.32. The summed E-state index contributed by atoms with van der Waals surface area (Å²) in [6.07, 6.45) is -5.48. The molecule has 3 rings (SSSR count). The second kappa shape index (κ2) is 9.20. The molecule has 0 atom stereocenters. The second-order valence-corrected chi connectivity index (χ2v) is 10.8. The van der Waals surface area contributed by atoms with Gasteiger partial charge >= 0.3 is 25.3 Å². The Labute approximate surface area is 204 Å². The Morgan fingerprint density at radius 3 is 2.03 bits per heavy atom. The van der Waals surface area contributed by atoms with Gasteiger partial charge in [0.15, 0.2) is 0 Å². The van der Waals surface area contributed by atoms with Gasteiger partial charge in [-0.2, -0.15) is 13.2 Å². The summed E-state index contributed by atoms with van der Waals surface area (Å²) in [5.74, 6) is -2.06. The predicted molar refractivity (Wildman–Crippen MR) is 127 cm³/mol. The summed E-state index contributed by atoms with van der Waals surface area (Å²) in [5, 5.41) is 1.97. The molecule has 8 nitrogen and oxygen atoms in total. The van der Waals surface area contributed by atoms with Crippen molar-refractivity contribution in [3.05, 3.63) is 18.2 Å². The van der Waals surface area contributed by atoms with Gasteiger partial charge in [0.25, 0.3) is 0 Å². The third-order valence-corrected chi connectivity index (χ3v) is 6.32. The van der Waals surface area contributed by atoms with E-state index in [4.69, 9.17) is 14.0 Å². The molecule has 1 N–H and O–H groups in total. The van der Waals surface area contributed by atoms with Gasteiger partial charge in [0.05, 0.1) is 22.6 Å². The van der Waals surface area contributed by atoms with Crippen molar-refractivity contribution in [1.29, 1.82) is 0 Å². The molecule has 1 aromatic carbocycles. The number of piperazine rings is 1. The molecule has 0 saturated carbocycles. The lowest BCUT2D eigenvalue weighted by Gasteiger charge is -2.37. The minimum atomic E-state index is -5.03. The number of amides is 2. The first-order chi connectivity index (χ1) is 15.9. The molecule has 35 heavy (non-hydrogen) atoms. The minimum absolute atomic E-state index is 0.0123. The average Bonchev–Trinajstić information content (AvgIpc) is 2.93. The lowest BCUT2D eigenvalue weighted by molar-refractivity contribution is -0.167. The summed E-state index contributed by atoms with van der Waals surface area (Å²) in [6.45, 7) is 14.2. The molecule has 2 fully saturated rings. The molecule has 1 aromatic rings. The highest BCUT2D eigenvalue weighted by atomic mass is 19.4. The van der Waals surface area contributed by atoms with Gasteiger partial charge in [-0.1, -0.05) is 6.07 Å². The van der Waals surface area contributed by atoms with E-state index in [1.165, 1.54) is 6.07 Å². The number of rotatable bonds is 3. The van der Waals surface area contributed by atoms with E-state index >= 15 is 0 Å². The van der Waals surface area contributed by atoms with Gasteiger partial charge in [0.2, 0.25) is 0 Å². The summed E-state index contributed by atoms with van der Waals surface area (Å²) in [6, 6.07) is 4.66. The maximum absolute atomic E-state index is 13.0. The highest BCUT2D eigenvalue weighted by molar-refractivity contribution is 6.62. The van der Waals surface area contributed by atoms with Crippen LogP contribution in [0.3, 0.4) is 0 Å². The number of benzene rings is 1. The van der Waals surface area contributed by atoms with Crippen molar-refractivity contribution in [2.45, 2.75) is 71.4 Å². The standard InChI is InChI=1S/C23H33BF3N3O5/c1-20(2,3)33-19(32)30-12-10-29(11-13-30)17-14-15(24-34-21(4,5)22(6,7)35-24)8-9-16(17)28-18(31)23(25,26)27/h8-9,14H,10-13H2,1-7H3,(H,28,31). The quantitative estimate of drug-likeness (QED) is 0.642. The van der Waals surface area contributed by atoms with Crippen molar-refractivity contribution in [2.75, 3.05) is 36.4 Å². The number of nitrogens with zero attached hydrogens (tertiary/aromatic N) is 2. The number of hydrogen-bond acceptors (Lipinski definition) is 6. The minimum Gasteiger partial charge on any atom is -0.444 e. The Morgan fingerprint density at radius 1 is 1.00 bits per heavy atom. The van der Waals surface area contributed by atoms with E-state index in [0.717, 1.165) is 0 Å². The molecule has 2 aliphatic rings. The number of carbonyl (C=O) groups is 2. The number of halogens is 3. The first kappa shape index (κ1) is 27.1. The Hall–Kier alpha value is -2.47. The van der Waals surface area contributed by atoms with Gasteiger partial charge in [-0.3, -0.25) is 4.79 Å². The number of anilines is 2. The number of hydrogen-bond donors (Lipinski definition) is 1. The van der Waals surface area contributed by atoms with Crippen molar-refractivity contribution in [1.82, 2.24) is 4.90 Å². The van der Waals surface area contributed by atoms with Gasteiger partial charge in [0.1, 0.15) is 5.60 Å². The van der Waals surface area contributed by atoms with Gasteiger partial charge < -0.3 is 29.2 Å². The summed E-state index contributed by atoms with van der Waals surface area (Å²) >= 11 is 0. The number of nitrogens with one attached hydrogen (secondary N) is 1. The maximum atomic E-state index is 13.0. The van der Waals surface area contributed by atoms with Gasteiger partial charge in [-0.05, 0) is 66.1 Å². The summed E-state index contributed by atoms with van der Waals surface area (Å²) in [7, 11) is -0.728. The Morgan fingerprint density at radius 2 is 1.54 bits per heavy atom. The molecule has 2 amide bonds. The van der Waals surface area contributed by atoms with Crippen molar-refractivity contribution in [3.8, 4) is 0 Å². The zero-order valence-electron chi connectivity index (χ0n) is 21.2. The van der Waals surface area contributed by atoms with Crippen LogP contribution in [0.25, 0.3) is 0 Å². The van der Waals surface area contributed by atoms with E-state index in [0.29, 0.717) is 37.3 Å². The lowest BCUT2D eigenvalue weighted by atomic mass is 9.78. The Balaban J connectivity index is 1.85. The number of ether oxygens (including phenoxy) is 1. The van der Waals surface area contributed by atoms with Crippen LogP contribution < -0.4 is 15.7 Å². The van der Waals surface area contributed by atoms with Gasteiger partial charge in [0, 0.05) is 26.2 Å². The zero-order chi connectivity index (χ0) is 26.4. The predicted octanol–water partition coefficient (Wildman–Crippen LogP) is 3.54. The monoisotopic (exact) mass is 499 g/mol. The molecule has 0 bridgehead atoms. The summed E-state index contributed by atoms with van der Waals surface area (Å²) < 4.78 is 56.4. The number of carbonyl (C=O) groups excluding carboxylic acids is 2. The van der Waals surface area contributed by atoms with Crippen molar-refractivity contribution >= 4 is 36.0 Å². The van der Waals surface area contributed by atoms with Crippen molar-refractivity contribution < 1.29 is 36.8 Å². The topological polar surface area (TPSA) is 80.3 Å². The second-order valence-electron chi connectivity index (χ2n) is 10.8. The fourth-order valence-electron chi connectivity index (χ4n) is 3.69. The molecule has 0 aliphatic carbocycles. The molecular formula is C23H33BF3N3O5. The van der Waals surface area contributed by atoms with Crippen LogP contribution in [0.2, 0.25) is 0 Å². The molecule has 2 saturated heterocycles. The van der Waals surface area contributed by atoms with E-state index in [1.54, 1.807) is 37.8 Å². The SMILES string of the molecule is CC(C)(C)OC(=O)N1CCN(c2cc(B3OC(C)(C)C(C)(C)O3)ccc2NC(=O)C(F)(F)F)CC1. The van der Waals surface area contributed by atoms with Gasteiger partial charge in [-0.15, -0.1) is 0 Å². The molecule has 2 heterocycles. The Kier molecular flexibility index (Phi) is 7.13. The molecule has 2 aliphatic heterocycles. The van der Waals surface area contributed by atoms with Crippen LogP contribution >= 0.6 is 0 Å². The smallest absolute Gasteiger partial charge is 0.444 e. The normalized spacial score (nSPS) is 20.1. The molecule has 0 aromatic heterocycles. The van der Waals surface area contributed by atoms with E-state index < -0.39 is 42.1 Å². The van der Waals surface area contributed by atoms with Crippen LogP contribution in [0.5, 0.6) is 0 Å².